The third-order valence-electron chi connectivity index (χ3n) is 6.83. The Labute approximate surface area is 210 Å². The van der Waals surface area contributed by atoms with Gasteiger partial charge in [0.1, 0.15) is 11.8 Å². The average Bonchev–Trinajstić information content (AvgIpc) is 3.66. The van der Waals surface area contributed by atoms with Crippen molar-refractivity contribution in [2.24, 2.45) is 0 Å². The van der Waals surface area contributed by atoms with Crippen LogP contribution in [-0.4, -0.2) is 25.8 Å². The van der Waals surface area contributed by atoms with E-state index >= 15 is 0 Å². The topological polar surface area (TPSA) is 55.2 Å². The summed E-state index contributed by atoms with van der Waals surface area (Å²) in [5.41, 5.74) is 4.07. The van der Waals surface area contributed by atoms with Crippen molar-refractivity contribution in [3.05, 3.63) is 103 Å². The summed E-state index contributed by atoms with van der Waals surface area (Å²) in [7, 11) is 0. The first-order chi connectivity index (χ1) is 17.3. The minimum absolute atomic E-state index is 0.103. The number of rotatable bonds is 6. The molecule has 0 radical (unpaired) electrons. The van der Waals surface area contributed by atoms with E-state index in [2.05, 4.69) is 73.4 Å². The van der Waals surface area contributed by atoms with Crippen LogP contribution in [0.15, 0.2) is 91.5 Å². The fourth-order valence-corrected chi connectivity index (χ4v) is 5.53. The van der Waals surface area contributed by atoms with E-state index in [1.165, 1.54) is 12.8 Å². The highest BCUT2D eigenvalue weighted by atomic mass is 32.1. The highest BCUT2D eigenvalue weighted by Gasteiger charge is 2.42. The molecule has 0 amide bonds. The van der Waals surface area contributed by atoms with Gasteiger partial charge >= 0.3 is 0 Å². The van der Waals surface area contributed by atoms with Gasteiger partial charge in [-0.2, -0.15) is 0 Å². The summed E-state index contributed by atoms with van der Waals surface area (Å²) < 4.78 is 8.37. The zero-order valence-corrected chi connectivity index (χ0v) is 20.1. The molecule has 1 aliphatic carbocycles. The second kappa shape index (κ2) is 9.50. The molecule has 3 aromatic heterocycles. The predicted molar refractivity (Wildman–Crippen MR) is 141 cm³/mol. The van der Waals surface area contributed by atoms with Crippen LogP contribution in [0.1, 0.15) is 49.2 Å². The summed E-state index contributed by atoms with van der Waals surface area (Å²) in [5.74, 6) is 0.912. The van der Waals surface area contributed by atoms with Crippen molar-refractivity contribution >= 4 is 23.0 Å². The molecule has 0 spiro atoms. The lowest BCUT2D eigenvalue weighted by Crippen LogP contribution is -2.30. The van der Waals surface area contributed by atoms with Gasteiger partial charge in [-0.1, -0.05) is 6.07 Å². The summed E-state index contributed by atoms with van der Waals surface area (Å²) in [6, 6.07) is 22.3. The van der Waals surface area contributed by atoms with Gasteiger partial charge in [0.25, 0.3) is 0 Å². The smallest absolute Gasteiger partial charge is 0.174 e. The number of thiocarbonyl (C=S) groups is 1. The van der Waals surface area contributed by atoms with Crippen molar-refractivity contribution in [3.8, 4) is 11.4 Å². The Hall–Kier alpha value is -3.71. The van der Waals surface area contributed by atoms with Gasteiger partial charge in [-0.3, -0.25) is 9.97 Å². The molecule has 0 unspecified atom stereocenters. The Morgan fingerprint density at radius 1 is 0.886 bits per heavy atom. The minimum Gasteiger partial charge on any atom is -0.490 e. The van der Waals surface area contributed by atoms with Crippen LogP contribution in [0.5, 0.6) is 5.75 Å². The minimum atomic E-state index is -0.108. The molecule has 6 nitrogen and oxygen atoms in total. The maximum atomic E-state index is 6.20. The van der Waals surface area contributed by atoms with E-state index in [1.54, 1.807) is 6.20 Å². The molecule has 1 saturated heterocycles. The molecule has 1 aliphatic heterocycles. The van der Waals surface area contributed by atoms with Gasteiger partial charge in [-0.05, 0) is 98.6 Å². The third kappa shape index (κ3) is 4.28. The lowest BCUT2D eigenvalue weighted by atomic mass is 10.0. The zero-order chi connectivity index (χ0) is 23.6. The van der Waals surface area contributed by atoms with Gasteiger partial charge < -0.3 is 19.5 Å². The zero-order valence-electron chi connectivity index (χ0n) is 19.3. The number of hydrogen-bond acceptors (Lipinski definition) is 4. The van der Waals surface area contributed by atoms with Crippen LogP contribution < -0.4 is 15.0 Å². The largest absolute Gasteiger partial charge is 0.490 e. The number of hydrogen-bond donors (Lipinski definition) is 1. The fourth-order valence-electron chi connectivity index (χ4n) is 5.18. The molecule has 2 fully saturated rings. The number of anilines is 1. The molecule has 0 bridgehead atoms. The number of benzene rings is 1. The van der Waals surface area contributed by atoms with Crippen molar-refractivity contribution in [2.75, 3.05) is 4.90 Å². The van der Waals surface area contributed by atoms with Gasteiger partial charge in [0.2, 0.25) is 0 Å². The predicted octanol–water partition coefficient (Wildman–Crippen LogP) is 5.77. The van der Waals surface area contributed by atoms with E-state index in [4.69, 9.17) is 17.0 Å². The Balaban J connectivity index is 1.39. The van der Waals surface area contributed by atoms with Gasteiger partial charge in [0.05, 0.1) is 29.7 Å². The molecule has 4 aromatic rings. The van der Waals surface area contributed by atoms with E-state index < -0.39 is 0 Å². The SMILES string of the molecule is S=C1N[C@@H](c2ccccn2)[C@@H](c2cccn2-c2cccnc2)N1c1ccc(OC2CCCC2)cc1. The first kappa shape index (κ1) is 21.8. The van der Waals surface area contributed by atoms with Gasteiger partial charge in [0, 0.05) is 30.0 Å². The molecule has 1 N–H and O–H groups in total. The van der Waals surface area contributed by atoms with E-state index in [9.17, 15) is 0 Å². The average molecular weight is 482 g/mol. The maximum Gasteiger partial charge on any atom is 0.174 e. The van der Waals surface area contributed by atoms with Crippen molar-refractivity contribution in [1.82, 2.24) is 19.9 Å². The first-order valence-corrected chi connectivity index (χ1v) is 12.5. The number of ether oxygens (including phenoxy) is 1. The number of nitrogens with one attached hydrogen (secondary N) is 1. The Morgan fingerprint density at radius 3 is 2.49 bits per heavy atom. The van der Waals surface area contributed by atoms with Crippen LogP contribution in [-0.2, 0) is 0 Å². The number of nitrogens with zero attached hydrogens (tertiary/aromatic N) is 4. The molecule has 2 atom stereocenters. The molecular formula is C28H27N5OS. The standard InChI is InChI=1S/C28H27N5OS/c35-28-31-26(24-10-3-4-17-30-24)27(25-11-6-18-32(25)21-7-5-16-29-19-21)33(28)20-12-14-23(15-13-20)34-22-8-1-2-9-22/h3-7,10-19,22,26-27H,1-2,8-9H2,(H,31,35)/t26-,27+/m0/s1. The van der Waals surface area contributed by atoms with E-state index in [0.717, 1.165) is 41.4 Å². The second-order valence-corrected chi connectivity index (χ2v) is 9.42. The molecule has 176 valence electrons. The molecule has 35 heavy (non-hydrogen) atoms. The van der Waals surface area contributed by atoms with E-state index in [0.29, 0.717) is 11.2 Å². The Morgan fingerprint density at radius 2 is 1.74 bits per heavy atom. The third-order valence-corrected chi connectivity index (χ3v) is 7.14. The molecule has 6 rings (SSSR count). The van der Waals surface area contributed by atoms with Gasteiger partial charge in [-0.25, -0.2) is 0 Å². The quantitative estimate of drug-likeness (QED) is 0.353. The van der Waals surface area contributed by atoms with Crippen molar-refractivity contribution in [3.63, 3.8) is 0 Å². The van der Waals surface area contributed by atoms with Crippen LogP contribution in [0.4, 0.5) is 5.69 Å². The molecule has 4 heterocycles. The summed E-state index contributed by atoms with van der Waals surface area (Å²) in [6.07, 6.45) is 12.7. The van der Waals surface area contributed by atoms with Crippen molar-refractivity contribution in [1.29, 1.82) is 0 Å². The van der Waals surface area contributed by atoms with Gasteiger partial charge in [0.15, 0.2) is 5.11 Å². The fraction of sp³-hybridized carbons (Fsp3) is 0.250. The lowest BCUT2D eigenvalue weighted by molar-refractivity contribution is 0.210. The first-order valence-electron chi connectivity index (χ1n) is 12.1. The van der Waals surface area contributed by atoms with Crippen LogP contribution in [0, 0.1) is 0 Å². The number of aromatic nitrogens is 3. The highest BCUT2D eigenvalue weighted by molar-refractivity contribution is 7.80. The number of pyridine rings is 2. The van der Waals surface area contributed by atoms with E-state index in [1.807, 2.05) is 36.7 Å². The van der Waals surface area contributed by atoms with Gasteiger partial charge in [-0.15, -0.1) is 0 Å². The van der Waals surface area contributed by atoms with Crippen LogP contribution in [0.2, 0.25) is 0 Å². The monoisotopic (exact) mass is 481 g/mol. The lowest BCUT2D eigenvalue weighted by Gasteiger charge is -2.29. The van der Waals surface area contributed by atoms with Crippen molar-refractivity contribution in [2.45, 2.75) is 43.9 Å². The summed E-state index contributed by atoms with van der Waals surface area (Å²) >= 11 is 5.89. The molecule has 1 aromatic carbocycles. The summed E-state index contributed by atoms with van der Waals surface area (Å²) in [5, 5.41) is 4.22. The molecular weight excluding hydrogens is 454 g/mol. The van der Waals surface area contributed by atoms with Crippen LogP contribution in [0.25, 0.3) is 5.69 Å². The Bertz CT molecular complexity index is 1290. The molecule has 7 heteroatoms. The van der Waals surface area contributed by atoms with E-state index in [-0.39, 0.29) is 12.1 Å². The summed E-state index contributed by atoms with van der Waals surface area (Å²) in [4.78, 5) is 11.2. The second-order valence-electron chi connectivity index (χ2n) is 9.03. The van der Waals surface area contributed by atoms with Crippen LogP contribution in [0.3, 0.4) is 0 Å². The van der Waals surface area contributed by atoms with Crippen LogP contribution >= 0.6 is 12.2 Å². The maximum absolute atomic E-state index is 6.20. The summed E-state index contributed by atoms with van der Waals surface area (Å²) in [6.45, 7) is 0. The highest BCUT2D eigenvalue weighted by Crippen LogP contribution is 2.42. The molecule has 1 saturated carbocycles. The molecule has 2 aliphatic rings. The normalized spacial score (nSPS) is 20.2. The van der Waals surface area contributed by atoms with Crippen molar-refractivity contribution < 1.29 is 4.74 Å². The Kier molecular flexibility index (Phi) is 5.92.